The number of hydrogen-bond acceptors (Lipinski definition) is 9. The van der Waals surface area contributed by atoms with E-state index in [1.54, 1.807) is 6.20 Å². The van der Waals surface area contributed by atoms with Crippen molar-refractivity contribution >= 4 is 38.6 Å². The molecule has 1 fully saturated rings. The first kappa shape index (κ1) is 22.6. The Hall–Kier alpha value is -3.89. The van der Waals surface area contributed by atoms with Crippen LogP contribution in [0.1, 0.15) is 36.9 Å². The van der Waals surface area contributed by atoms with Crippen LogP contribution in [0.15, 0.2) is 60.9 Å². The van der Waals surface area contributed by atoms with Crippen molar-refractivity contribution in [3.63, 3.8) is 0 Å². The summed E-state index contributed by atoms with van der Waals surface area (Å²) >= 11 is 1.48. The SMILES string of the molecule is O[C@H]1CC[C@H](Nc2nc(Cc3ccccc3)cc(Nc3nc4ccc(-c5cn[nH]c5)nc4s3)n2)CC1. The number of thiazole rings is 1. The lowest BCUT2D eigenvalue weighted by Crippen LogP contribution is -2.29. The Morgan fingerprint density at radius 3 is 2.64 bits per heavy atom. The third-order valence-electron chi connectivity index (χ3n) is 6.32. The van der Waals surface area contributed by atoms with E-state index in [-0.39, 0.29) is 12.1 Å². The number of aromatic amines is 1. The maximum Gasteiger partial charge on any atom is 0.225 e. The predicted molar refractivity (Wildman–Crippen MR) is 141 cm³/mol. The molecule has 1 aliphatic rings. The minimum Gasteiger partial charge on any atom is -0.393 e. The lowest BCUT2D eigenvalue weighted by Gasteiger charge is -2.26. The van der Waals surface area contributed by atoms with E-state index in [1.807, 2.05) is 42.6 Å². The normalized spacial score (nSPS) is 17.8. The molecule has 1 aromatic carbocycles. The van der Waals surface area contributed by atoms with Gasteiger partial charge in [-0.05, 0) is 43.4 Å². The lowest BCUT2D eigenvalue weighted by atomic mass is 9.93. The van der Waals surface area contributed by atoms with Crippen LogP contribution in [0.4, 0.5) is 16.9 Å². The van der Waals surface area contributed by atoms with Crippen LogP contribution in [-0.2, 0) is 6.42 Å². The number of aromatic nitrogens is 6. The lowest BCUT2D eigenvalue weighted by molar-refractivity contribution is 0.126. The van der Waals surface area contributed by atoms with E-state index in [0.717, 1.165) is 58.1 Å². The Morgan fingerprint density at radius 2 is 1.83 bits per heavy atom. The smallest absolute Gasteiger partial charge is 0.225 e. The number of aliphatic hydroxyl groups is 1. The number of anilines is 3. The zero-order valence-electron chi connectivity index (χ0n) is 19.6. The average Bonchev–Trinajstić information content (AvgIpc) is 3.55. The van der Waals surface area contributed by atoms with Gasteiger partial charge in [-0.3, -0.25) is 5.10 Å². The summed E-state index contributed by atoms with van der Waals surface area (Å²) in [6.45, 7) is 0. The molecule has 0 amide bonds. The quantitative estimate of drug-likeness (QED) is 0.249. The van der Waals surface area contributed by atoms with Crippen molar-refractivity contribution in [3.8, 4) is 11.3 Å². The van der Waals surface area contributed by atoms with Crippen LogP contribution in [-0.4, -0.2) is 47.4 Å². The Balaban J connectivity index is 1.27. The van der Waals surface area contributed by atoms with Gasteiger partial charge in [-0.2, -0.15) is 10.1 Å². The second-order valence-electron chi connectivity index (χ2n) is 9.03. The second-order valence-corrected chi connectivity index (χ2v) is 10.0. The van der Waals surface area contributed by atoms with Crippen molar-refractivity contribution in [3.05, 3.63) is 72.2 Å². The van der Waals surface area contributed by atoms with Gasteiger partial charge in [0, 0.05) is 30.3 Å². The minimum atomic E-state index is -0.202. The fourth-order valence-electron chi connectivity index (χ4n) is 4.46. The number of hydrogen-bond donors (Lipinski definition) is 4. The number of rotatable bonds is 7. The van der Waals surface area contributed by atoms with E-state index in [1.165, 1.54) is 16.9 Å². The number of fused-ring (bicyclic) bond motifs is 1. The van der Waals surface area contributed by atoms with Crippen LogP contribution in [0.3, 0.4) is 0 Å². The maximum atomic E-state index is 9.86. The van der Waals surface area contributed by atoms with E-state index >= 15 is 0 Å². The van der Waals surface area contributed by atoms with Gasteiger partial charge in [0.15, 0.2) is 5.13 Å². The third-order valence-corrected chi connectivity index (χ3v) is 7.20. The van der Waals surface area contributed by atoms with E-state index in [9.17, 15) is 5.11 Å². The molecule has 0 atom stereocenters. The molecule has 0 radical (unpaired) electrons. The summed E-state index contributed by atoms with van der Waals surface area (Å²) in [6, 6.07) is 16.4. The van der Waals surface area contributed by atoms with Gasteiger partial charge in [-0.1, -0.05) is 41.7 Å². The fraction of sp³-hybridized carbons (Fsp3) is 0.269. The van der Waals surface area contributed by atoms with Crippen LogP contribution in [0.25, 0.3) is 21.6 Å². The Bertz CT molecular complexity index is 1450. The van der Waals surface area contributed by atoms with Crippen molar-refractivity contribution < 1.29 is 5.11 Å². The number of nitrogens with one attached hydrogen (secondary N) is 3. The van der Waals surface area contributed by atoms with Crippen LogP contribution in [0, 0.1) is 0 Å². The molecule has 10 heteroatoms. The van der Waals surface area contributed by atoms with Gasteiger partial charge in [0.1, 0.15) is 16.2 Å². The molecular formula is C26H26N8OS. The number of aliphatic hydroxyl groups excluding tert-OH is 1. The number of H-pyrrole nitrogens is 1. The monoisotopic (exact) mass is 498 g/mol. The fourth-order valence-corrected chi connectivity index (χ4v) is 5.30. The molecule has 1 aliphatic carbocycles. The standard InChI is InChI=1S/C26H26N8OS/c35-20-8-6-18(7-9-20)29-25-30-19(12-16-4-2-1-3-5-16)13-23(33-25)34-26-32-22-11-10-21(31-24(22)36-26)17-14-27-28-15-17/h1-5,10-11,13-15,18,20,35H,6-9,12H2,(H,27,28)(H2,29,30,32,33,34)/t18-,20-. The second kappa shape index (κ2) is 10.00. The summed E-state index contributed by atoms with van der Waals surface area (Å²) in [5.74, 6) is 1.28. The summed E-state index contributed by atoms with van der Waals surface area (Å²) in [5.41, 5.74) is 4.71. The summed E-state index contributed by atoms with van der Waals surface area (Å²) < 4.78 is 0. The Morgan fingerprint density at radius 1 is 0.972 bits per heavy atom. The highest BCUT2D eigenvalue weighted by molar-refractivity contribution is 7.21. The molecule has 0 bridgehead atoms. The van der Waals surface area contributed by atoms with E-state index in [4.69, 9.17) is 19.9 Å². The van der Waals surface area contributed by atoms with Crippen molar-refractivity contribution in [1.82, 2.24) is 30.1 Å². The summed E-state index contributed by atoms with van der Waals surface area (Å²) in [7, 11) is 0. The van der Waals surface area contributed by atoms with Gasteiger partial charge in [0.2, 0.25) is 5.95 Å². The van der Waals surface area contributed by atoms with E-state index in [0.29, 0.717) is 18.2 Å². The van der Waals surface area contributed by atoms with Gasteiger partial charge in [0.05, 0.1) is 23.7 Å². The minimum absolute atomic E-state index is 0.202. The summed E-state index contributed by atoms with van der Waals surface area (Å²) in [5, 5.41) is 24.3. The number of benzene rings is 1. The molecule has 6 rings (SSSR count). The molecule has 0 unspecified atom stereocenters. The predicted octanol–water partition coefficient (Wildman–Crippen LogP) is 4.92. The zero-order valence-corrected chi connectivity index (χ0v) is 20.4. The highest BCUT2D eigenvalue weighted by atomic mass is 32.1. The maximum absolute atomic E-state index is 9.86. The molecule has 5 aromatic rings. The zero-order chi connectivity index (χ0) is 24.3. The number of pyridine rings is 1. The highest BCUT2D eigenvalue weighted by Gasteiger charge is 2.20. The third kappa shape index (κ3) is 5.19. The topological polar surface area (TPSA) is 125 Å². The van der Waals surface area contributed by atoms with Crippen molar-refractivity contribution in [2.45, 2.75) is 44.2 Å². The largest absolute Gasteiger partial charge is 0.393 e. The Labute approximate surface area is 212 Å². The summed E-state index contributed by atoms with van der Waals surface area (Å²) in [6.07, 6.45) is 7.48. The first-order valence-electron chi connectivity index (χ1n) is 12.1. The van der Waals surface area contributed by atoms with Crippen LogP contribution >= 0.6 is 11.3 Å². The molecule has 9 nitrogen and oxygen atoms in total. The molecule has 4 heterocycles. The molecule has 0 aliphatic heterocycles. The van der Waals surface area contributed by atoms with Crippen LogP contribution in [0.5, 0.6) is 0 Å². The highest BCUT2D eigenvalue weighted by Crippen LogP contribution is 2.30. The molecule has 0 spiro atoms. The first-order valence-corrected chi connectivity index (χ1v) is 12.9. The number of nitrogens with zero attached hydrogens (tertiary/aromatic N) is 5. The molecule has 0 saturated heterocycles. The van der Waals surface area contributed by atoms with Gasteiger partial charge in [-0.15, -0.1) is 0 Å². The van der Waals surface area contributed by atoms with Crippen molar-refractivity contribution in [2.75, 3.05) is 10.6 Å². The van der Waals surface area contributed by atoms with Crippen molar-refractivity contribution in [1.29, 1.82) is 0 Å². The Kier molecular flexibility index (Phi) is 6.27. The van der Waals surface area contributed by atoms with Crippen molar-refractivity contribution in [2.24, 2.45) is 0 Å². The van der Waals surface area contributed by atoms with Gasteiger partial charge in [-0.25, -0.2) is 15.0 Å². The molecule has 4 N–H and O–H groups in total. The molecule has 4 aromatic heterocycles. The van der Waals surface area contributed by atoms with Gasteiger partial charge >= 0.3 is 0 Å². The van der Waals surface area contributed by atoms with Gasteiger partial charge in [0.25, 0.3) is 0 Å². The van der Waals surface area contributed by atoms with E-state index < -0.39 is 0 Å². The molecular weight excluding hydrogens is 472 g/mol. The molecule has 182 valence electrons. The van der Waals surface area contributed by atoms with Crippen LogP contribution in [0.2, 0.25) is 0 Å². The first-order chi connectivity index (χ1) is 17.7. The van der Waals surface area contributed by atoms with Gasteiger partial charge < -0.3 is 15.7 Å². The average molecular weight is 499 g/mol. The summed E-state index contributed by atoms with van der Waals surface area (Å²) in [4.78, 5) is 19.9. The van der Waals surface area contributed by atoms with E-state index in [2.05, 4.69) is 33.0 Å². The molecule has 1 saturated carbocycles. The van der Waals surface area contributed by atoms with Crippen LogP contribution < -0.4 is 10.6 Å². The molecule has 36 heavy (non-hydrogen) atoms.